The zero-order chi connectivity index (χ0) is 20.5. The molecule has 2 aromatic heterocycles. The molecule has 1 atom stereocenters. The predicted molar refractivity (Wildman–Crippen MR) is 116 cm³/mol. The third-order valence-corrected chi connectivity index (χ3v) is 5.49. The molecule has 0 aromatic carbocycles. The second-order valence-corrected chi connectivity index (χ2v) is 7.90. The number of ether oxygens (including phenoxy) is 1. The highest BCUT2D eigenvalue weighted by molar-refractivity contribution is 5.79. The molecule has 0 fully saturated rings. The van der Waals surface area contributed by atoms with Gasteiger partial charge in [0.2, 0.25) is 0 Å². The van der Waals surface area contributed by atoms with Gasteiger partial charge in [0.15, 0.2) is 0 Å². The topological polar surface area (TPSA) is 82.5 Å². The number of hydrogen-bond acceptors (Lipinski definition) is 7. The van der Waals surface area contributed by atoms with Gasteiger partial charge in [-0.2, -0.15) is 0 Å². The van der Waals surface area contributed by atoms with Gasteiger partial charge in [-0.15, -0.1) is 0 Å². The number of aliphatic hydroxyl groups is 1. The van der Waals surface area contributed by atoms with Crippen molar-refractivity contribution in [2.75, 3.05) is 44.4 Å². The summed E-state index contributed by atoms with van der Waals surface area (Å²) in [4.78, 5) is 11.6. The standard InChI is InChI=1S/C22H29N5O2/c1-13-9-16(23-3)11-19(24-13)26-22-14(2)20(21-18(25-22)6-8-29-21)15-5-7-27(4)12-17(28)10-15/h5,9,11,17,28H,6-8,10,12H2,1-4H3,(H2,23,24,25,26)/t17-/m1/s1. The van der Waals surface area contributed by atoms with E-state index in [-0.39, 0.29) is 0 Å². The van der Waals surface area contributed by atoms with Gasteiger partial charge < -0.3 is 25.4 Å². The maximum absolute atomic E-state index is 10.5. The lowest BCUT2D eigenvalue weighted by Gasteiger charge is -2.19. The molecule has 0 amide bonds. The lowest BCUT2D eigenvalue weighted by molar-refractivity contribution is 0.139. The summed E-state index contributed by atoms with van der Waals surface area (Å²) in [5.41, 5.74) is 6.09. The number of anilines is 3. The van der Waals surface area contributed by atoms with Gasteiger partial charge in [0.25, 0.3) is 0 Å². The minimum absolute atomic E-state index is 0.397. The molecule has 7 nitrogen and oxygen atoms in total. The molecule has 0 spiro atoms. The number of hydrogen-bond donors (Lipinski definition) is 3. The summed E-state index contributed by atoms with van der Waals surface area (Å²) in [6, 6.07) is 3.98. The first-order chi connectivity index (χ1) is 13.9. The van der Waals surface area contributed by atoms with E-state index in [0.717, 1.165) is 64.1 Å². The summed E-state index contributed by atoms with van der Waals surface area (Å²) >= 11 is 0. The smallest absolute Gasteiger partial charge is 0.148 e. The molecule has 0 aliphatic carbocycles. The molecule has 3 N–H and O–H groups in total. The fraction of sp³-hybridized carbons (Fsp3) is 0.455. The van der Waals surface area contributed by atoms with Crippen molar-refractivity contribution >= 4 is 22.9 Å². The van der Waals surface area contributed by atoms with Gasteiger partial charge in [-0.05, 0) is 32.5 Å². The molecular formula is C22H29N5O2. The zero-order valence-corrected chi connectivity index (χ0v) is 17.5. The van der Waals surface area contributed by atoms with E-state index in [4.69, 9.17) is 9.72 Å². The van der Waals surface area contributed by atoms with E-state index in [9.17, 15) is 5.11 Å². The Morgan fingerprint density at radius 1 is 1.24 bits per heavy atom. The van der Waals surface area contributed by atoms with Crippen molar-refractivity contribution in [1.29, 1.82) is 0 Å². The highest BCUT2D eigenvalue weighted by Gasteiger charge is 2.27. The minimum Gasteiger partial charge on any atom is -0.491 e. The Balaban J connectivity index is 1.77. The first-order valence-corrected chi connectivity index (χ1v) is 10.1. The Hall–Kier alpha value is -2.64. The van der Waals surface area contributed by atoms with Gasteiger partial charge >= 0.3 is 0 Å². The van der Waals surface area contributed by atoms with Crippen molar-refractivity contribution in [2.45, 2.75) is 32.8 Å². The summed E-state index contributed by atoms with van der Waals surface area (Å²) < 4.78 is 5.98. The van der Waals surface area contributed by atoms with E-state index in [1.165, 1.54) is 0 Å². The quantitative estimate of drug-likeness (QED) is 0.734. The molecule has 0 radical (unpaired) electrons. The maximum Gasteiger partial charge on any atom is 0.148 e. The van der Waals surface area contributed by atoms with Gasteiger partial charge in [-0.25, -0.2) is 9.97 Å². The van der Waals surface area contributed by atoms with Crippen molar-refractivity contribution in [3.63, 3.8) is 0 Å². The van der Waals surface area contributed by atoms with E-state index in [2.05, 4.69) is 33.5 Å². The van der Waals surface area contributed by atoms with Gasteiger partial charge in [0.05, 0.1) is 18.4 Å². The lowest BCUT2D eigenvalue weighted by atomic mass is 9.94. The van der Waals surface area contributed by atoms with Crippen LogP contribution in [0.15, 0.2) is 18.2 Å². The molecule has 2 aliphatic rings. The van der Waals surface area contributed by atoms with Crippen LogP contribution in [0.25, 0.3) is 5.57 Å². The second-order valence-electron chi connectivity index (χ2n) is 7.90. The number of aliphatic hydroxyl groups excluding tert-OH is 1. The second kappa shape index (κ2) is 8.00. The van der Waals surface area contributed by atoms with Crippen LogP contribution in [-0.2, 0) is 6.42 Å². The molecule has 2 aliphatic heterocycles. The van der Waals surface area contributed by atoms with Crippen LogP contribution in [0, 0.1) is 13.8 Å². The SMILES string of the molecule is CNc1cc(C)nc(Nc2nc3c(c(C4=CCN(C)C[C@H](O)C4)c2C)OCC3)c1. The molecule has 0 saturated carbocycles. The van der Waals surface area contributed by atoms with Gasteiger partial charge in [-0.1, -0.05) is 6.08 Å². The van der Waals surface area contributed by atoms with E-state index in [1.807, 2.05) is 33.2 Å². The molecule has 0 saturated heterocycles. The summed E-state index contributed by atoms with van der Waals surface area (Å²) in [5, 5.41) is 17.0. The lowest BCUT2D eigenvalue weighted by Crippen LogP contribution is -2.27. The first-order valence-electron chi connectivity index (χ1n) is 10.1. The molecule has 0 bridgehead atoms. The largest absolute Gasteiger partial charge is 0.491 e. The molecule has 7 heteroatoms. The highest BCUT2D eigenvalue weighted by atomic mass is 16.5. The van der Waals surface area contributed by atoms with E-state index in [0.29, 0.717) is 19.6 Å². The molecule has 4 rings (SSSR count). The third-order valence-electron chi connectivity index (χ3n) is 5.49. The Bertz CT molecular complexity index is 957. The van der Waals surface area contributed by atoms with Crippen LogP contribution in [0.5, 0.6) is 5.75 Å². The molecule has 0 unspecified atom stereocenters. The van der Waals surface area contributed by atoms with E-state index >= 15 is 0 Å². The first kappa shape index (κ1) is 19.7. The summed E-state index contributed by atoms with van der Waals surface area (Å²) in [6.07, 6.45) is 3.20. The molecule has 29 heavy (non-hydrogen) atoms. The number of aromatic nitrogens is 2. The Morgan fingerprint density at radius 2 is 2.07 bits per heavy atom. The van der Waals surface area contributed by atoms with Crippen molar-refractivity contribution < 1.29 is 9.84 Å². The monoisotopic (exact) mass is 395 g/mol. The Morgan fingerprint density at radius 3 is 2.86 bits per heavy atom. The zero-order valence-electron chi connectivity index (χ0n) is 17.5. The molecular weight excluding hydrogens is 366 g/mol. The van der Waals surface area contributed by atoms with E-state index < -0.39 is 6.10 Å². The fourth-order valence-electron chi connectivity index (χ4n) is 4.09. The molecule has 154 valence electrons. The summed E-state index contributed by atoms with van der Waals surface area (Å²) in [5.74, 6) is 2.41. The van der Waals surface area contributed by atoms with Crippen LogP contribution >= 0.6 is 0 Å². The maximum atomic E-state index is 10.5. The number of β-amino-alcohol motifs (C(OH)–C–C–N with tert-alkyl or cyclic N) is 1. The number of likely N-dealkylation sites (N-methyl/N-ethyl adjacent to an activating group) is 1. The van der Waals surface area contributed by atoms with Gasteiger partial charge in [0, 0.05) is 61.6 Å². The fourth-order valence-corrected chi connectivity index (χ4v) is 4.09. The van der Waals surface area contributed by atoms with Crippen molar-refractivity contribution in [2.24, 2.45) is 0 Å². The van der Waals surface area contributed by atoms with Gasteiger partial charge in [-0.3, -0.25) is 0 Å². The van der Waals surface area contributed by atoms with Crippen molar-refractivity contribution in [3.05, 3.63) is 40.7 Å². The summed E-state index contributed by atoms with van der Waals surface area (Å²) in [6.45, 7) is 6.14. The van der Waals surface area contributed by atoms with E-state index in [1.54, 1.807) is 0 Å². The normalized spacial score (nSPS) is 19.2. The Labute approximate surface area is 171 Å². The number of aryl methyl sites for hydroxylation is 1. The van der Waals surface area contributed by atoms with Gasteiger partial charge in [0.1, 0.15) is 17.4 Å². The average molecular weight is 396 g/mol. The van der Waals surface area contributed by atoms with Crippen molar-refractivity contribution in [3.8, 4) is 5.75 Å². The van der Waals surface area contributed by atoms with Crippen LogP contribution in [-0.4, -0.2) is 59.9 Å². The van der Waals surface area contributed by atoms with Crippen molar-refractivity contribution in [1.82, 2.24) is 14.9 Å². The van der Waals surface area contributed by atoms with Crippen LogP contribution in [0.2, 0.25) is 0 Å². The van der Waals surface area contributed by atoms with Crippen LogP contribution in [0.3, 0.4) is 0 Å². The van der Waals surface area contributed by atoms with Crippen LogP contribution in [0.1, 0.15) is 28.9 Å². The summed E-state index contributed by atoms with van der Waals surface area (Å²) in [7, 11) is 3.92. The third kappa shape index (κ3) is 4.06. The van der Waals surface area contributed by atoms with Crippen LogP contribution < -0.4 is 15.4 Å². The highest BCUT2D eigenvalue weighted by Crippen LogP contribution is 2.41. The Kier molecular flexibility index (Phi) is 5.43. The van der Waals surface area contributed by atoms with Crippen LogP contribution in [0.4, 0.5) is 17.3 Å². The number of pyridine rings is 2. The number of fused-ring (bicyclic) bond motifs is 1. The molecule has 2 aromatic rings. The average Bonchev–Trinajstić information content (AvgIpc) is 3.06. The number of nitrogens with one attached hydrogen (secondary N) is 2. The molecule has 4 heterocycles. The number of rotatable bonds is 4. The predicted octanol–water partition coefficient (Wildman–Crippen LogP) is 2.89. The minimum atomic E-state index is -0.397. The number of nitrogens with zero attached hydrogens (tertiary/aromatic N) is 3.